The Morgan fingerprint density at radius 2 is 1.38 bits per heavy atom. The van der Waals surface area contributed by atoms with Crippen LogP contribution in [0, 0.1) is 50.2 Å². The van der Waals surface area contributed by atoms with E-state index >= 15 is 0 Å². The zero-order chi connectivity index (χ0) is 41.0. The Kier molecular flexibility index (Phi) is 11.3. The highest BCUT2D eigenvalue weighted by Crippen LogP contribution is 2.76. The first kappa shape index (κ1) is 42.9. The molecule has 0 aromatic heterocycles. The van der Waals surface area contributed by atoms with E-state index in [1.807, 2.05) is 0 Å². The molecule has 13 heteroatoms. The van der Waals surface area contributed by atoms with E-state index in [-0.39, 0.29) is 45.7 Å². The number of aliphatic hydroxyl groups is 7. The van der Waals surface area contributed by atoms with Crippen LogP contribution >= 0.6 is 0 Å². The number of ether oxygens (including phenoxy) is 5. The van der Waals surface area contributed by atoms with Gasteiger partial charge in [0.25, 0.3) is 0 Å². The molecule has 0 bridgehead atoms. The SMILES string of the molecule is COCC1OC(OC2CCC3(C)C(CCC4(C)C3CC=C3C5CC(C)(C)CCC5(C(=O)OC5OC(CO)C(O)C(O)C5O)CCC34C)C2(C)C)C(O)C(O)C1O. The van der Waals surface area contributed by atoms with Crippen molar-refractivity contribution in [3.63, 3.8) is 0 Å². The van der Waals surface area contributed by atoms with Crippen molar-refractivity contribution in [3.8, 4) is 0 Å². The maximum Gasteiger partial charge on any atom is 0.315 e. The van der Waals surface area contributed by atoms with Crippen LogP contribution in [0.4, 0.5) is 0 Å². The van der Waals surface area contributed by atoms with Crippen molar-refractivity contribution in [2.24, 2.45) is 50.2 Å². The van der Waals surface area contributed by atoms with Crippen LogP contribution in [0.1, 0.15) is 113 Å². The summed E-state index contributed by atoms with van der Waals surface area (Å²) in [5.41, 5.74) is -0.0496. The molecule has 0 amide bonds. The maximum absolute atomic E-state index is 14.6. The van der Waals surface area contributed by atoms with Crippen LogP contribution in [0.2, 0.25) is 0 Å². The second kappa shape index (κ2) is 14.7. The smallest absolute Gasteiger partial charge is 0.315 e. The van der Waals surface area contributed by atoms with Gasteiger partial charge in [-0.05, 0) is 109 Å². The van der Waals surface area contributed by atoms with Crippen LogP contribution in [0.15, 0.2) is 11.6 Å². The zero-order valence-electron chi connectivity index (χ0n) is 34.7. The maximum atomic E-state index is 14.6. The van der Waals surface area contributed by atoms with Crippen LogP contribution in [-0.2, 0) is 28.5 Å². The average molecular weight is 795 g/mol. The van der Waals surface area contributed by atoms with Crippen molar-refractivity contribution in [2.75, 3.05) is 20.3 Å². The molecule has 56 heavy (non-hydrogen) atoms. The molecule has 18 unspecified atom stereocenters. The Labute approximate surface area is 332 Å². The Balaban J connectivity index is 1.15. The fraction of sp³-hybridized carbons (Fsp3) is 0.930. The topological polar surface area (TPSA) is 205 Å². The highest BCUT2D eigenvalue weighted by atomic mass is 16.7. The summed E-state index contributed by atoms with van der Waals surface area (Å²) in [5.74, 6) is 0.147. The van der Waals surface area contributed by atoms with Gasteiger partial charge in [0.15, 0.2) is 6.29 Å². The summed E-state index contributed by atoms with van der Waals surface area (Å²) in [6.45, 7) is 15.9. The molecule has 18 atom stereocenters. The predicted molar refractivity (Wildman–Crippen MR) is 202 cm³/mol. The lowest BCUT2D eigenvalue weighted by Crippen LogP contribution is -2.66. The van der Waals surface area contributed by atoms with E-state index in [1.54, 1.807) is 0 Å². The Hall–Kier alpha value is -1.23. The third-order valence-corrected chi connectivity index (χ3v) is 17.4. The van der Waals surface area contributed by atoms with Gasteiger partial charge in [-0.1, -0.05) is 60.1 Å². The molecule has 6 fully saturated rings. The molecule has 2 aliphatic heterocycles. The van der Waals surface area contributed by atoms with Gasteiger partial charge in [-0.15, -0.1) is 0 Å². The number of hydrogen-bond acceptors (Lipinski definition) is 13. The number of carbonyl (C=O) groups is 1. The van der Waals surface area contributed by atoms with Crippen molar-refractivity contribution in [1.29, 1.82) is 0 Å². The standard InChI is InChI=1S/C43H70O13/c1-38(2)15-17-43(37(51)56-36-34(50)31(47)29(45)24(20-44)53-36)18-16-41(6)22(23(43)19-38)9-10-27-40(5)13-12-28(39(3,4)26(40)11-14-42(27,41)7)55-35-33(49)32(48)30(46)25(54-35)21-52-8/h9,23-36,44-50H,10-21H2,1-8H3. The van der Waals surface area contributed by atoms with E-state index < -0.39 is 79.4 Å². The van der Waals surface area contributed by atoms with Crippen LogP contribution in [0.25, 0.3) is 0 Å². The molecule has 0 aromatic carbocycles. The zero-order valence-corrected chi connectivity index (χ0v) is 34.7. The van der Waals surface area contributed by atoms with Gasteiger partial charge in [-0.2, -0.15) is 0 Å². The van der Waals surface area contributed by atoms with Crippen LogP contribution in [0.3, 0.4) is 0 Å². The lowest BCUT2D eigenvalue weighted by molar-refractivity contribution is -0.330. The predicted octanol–water partition coefficient (Wildman–Crippen LogP) is 2.97. The van der Waals surface area contributed by atoms with Crippen LogP contribution in [-0.4, -0.2) is 130 Å². The lowest BCUT2D eigenvalue weighted by Gasteiger charge is -2.71. The van der Waals surface area contributed by atoms with Gasteiger partial charge in [0.05, 0.1) is 24.7 Å². The van der Waals surface area contributed by atoms with E-state index in [9.17, 15) is 40.5 Å². The summed E-state index contributed by atoms with van der Waals surface area (Å²) in [6, 6.07) is 0. The van der Waals surface area contributed by atoms with Crippen LogP contribution < -0.4 is 0 Å². The molecule has 0 spiro atoms. The Morgan fingerprint density at radius 1 is 0.750 bits per heavy atom. The second-order valence-electron chi connectivity index (χ2n) is 20.9. The average Bonchev–Trinajstić information content (AvgIpc) is 3.13. The summed E-state index contributed by atoms with van der Waals surface area (Å²) in [7, 11) is 1.50. The van der Waals surface area contributed by atoms with Crippen molar-refractivity contribution < 1.29 is 64.2 Å². The summed E-state index contributed by atoms with van der Waals surface area (Å²) < 4.78 is 29.5. The van der Waals surface area contributed by atoms with Crippen molar-refractivity contribution in [3.05, 3.63) is 11.6 Å². The van der Waals surface area contributed by atoms with E-state index in [4.69, 9.17) is 23.7 Å². The summed E-state index contributed by atoms with van der Waals surface area (Å²) in [4.78, 5) is 14.6. The van der Waals surface area contributed by atoms with Crippen molar-refractivity contribution in [1.82, 2.24) is 0 Å². The first-order valence-electron chi connectivity index (χ1n) is 21.2. The number of rotatable bonds is 7. The molecule has 0 aromatic rings. The normalized spacial score (nSPS) is 52.4. The molecule has 7 N–H and O–H groups in total. The quantitative estimate of drug-likeness (QED) is 0.113. The van der Waals surface area contributed by atoms with Gasteiger partial charge >= 0.3 is 5.97 Å². The van der Waals surface area contributed by atoms with Gasteiger partial charge in [0.2, 0.25) is 6.29 Å². The molecule has 5 aliphatic carbocycles. The highest BCUT2D eigenvalue weighted by molar-refractivity contribution is 5.79. The fourth-order valence-electron chi connectivity index (χ4n) is 13.7. The highest BCUT2D eigenvalue weighted by Gasteiger charge is 2.70. The third-order valence-electron chi connectivity index (χ3n) is 17.4. The van der Waals surface area contributed by atoms with Gasteiger partial charge in [0.1, 0.15) is 48.8 Å². The van der Waals surface area contributed by atoms with Gasteiger partial charge < -0.3 is 59.4 Å². The molecule has 2 heterocycles. The number of esters is 1. The first-order valence-corrected chi connectivity index (χ1v) is 21.2. The number of carbonyl (C=O) groups excluding carboxylic acids is 1. The molecule has 4 saturated carbocycles. The summed E-state index contributed by atoms with van der Waals surface area (Å²) in [5, 5.41) is 73.5. The molecule has 0 radical (unpaired) electrons. The van der Waals surface area contributed by atoms with Crippen molar-refractivity contribution in [2.45, 2.75) is 180 Å². The van der Waals surface area contributed by atoms with E-state index in [2.05, 4.69) is 54.5 Å². The Morgan fingerprint density at radius 3 is 2.04 bits per heavy atom. The minimum absolute atomic E-state index is 0.00614. The van der Waals surface area contributed by atoms with Gasteiger partial charge in [-0.25, -0.2) is 0 Å². The third kappa shape index (κ3) is 6.39. The molecule has 7 aliphatic rings. The van der Waals surface area contributed by atoms with Crippen molar-refractivity contribution >= 4 is 5.97 Å². The molecular formula is C43H70O13. The summed E-state index contributed by atoms with van der Waals surface area (Å²) >= 11 is 0. The number of aliphatic hydroxyl groups excluding tert-OH is 7. The molecular weight excluding hydrogens is 724 g/mol. The van der Waals surface area contributed by atoms with Gasteiger partial charge in [-0.3, -0.25) is 4.79 Å². The summed E-state index contributed by atoms with van der Waals surface area (Å²) in [6.07, 6.45) is -3.01. The van der Waals surface area contributed by atoms with E-state index in [0.717, 1.165) is 51.4 Å². The van der Waals surface area contributed by atoms with E-state index in [0.29, 0.717) is 24.7 Å². The minimum Gasteiger partial charge on any atom is -0.432 e. The van der Waals surface area contributed by atoms with Gasteiger partial charge in [0, 0.05) is 7.11 Å². The monoisotopic (exact) mass is 794 g/mol. The number of hydrogen-bond donors (Lipinski definition) is 7. The molecule has 2 saturated heterocycles. The minimum atomic E-state index is -1.65. The fourth-order valence-corrected chi connectivity index (χ4v) is 13.7. The number of fused-ring (bicyclic) bond motifs is 7. The molecule has 7 rings (SSSR count). The Bertz CT molecular complexity index is 1500. The number of methoxy groups -OCH3 is 1. The largest absolute Gasteiger partial charge is 0.432 e. The molecule has 320 valence electrons. The lowest BCUT2D eigenvalue weighted by atomic mass is 9.33. The number of allylic oxidation sites excluding steroid dienone is 2. The van der Waals surface area contributed by atoms with Crippen LogP contribution in [0.5, 0.6) is 0 Å². The van der Waals surface area contributed by atoms with E-state index in [1.165, 1.54) is 12.7 Å². The first-order chi connectivity index (χ1) is 26.1. The second-order valence-corrected chi connectivity index (χ2v) is 20.9. The molecule has 13 nitrogen and oxygen atoms in total.